The van der Waals surface area contributed by atoms with Gasteiger partial charge in [0.1, 0.15) is 0 Å². The molecule has 0 aliphatic carbocycles. The number of nitrogens with one attached hydrogen (secondary N) is 1. The molecular formula is C18H20N2O3S2. The molecular weight excluding hydrogens is 356 g/mol. The molecule has 1 atom stereocenters. The van der Waals surface area contributed by atoms with E-state index in [0.29, 0.717) is 18.0 Å². The Balaban J connectivity index is 1.88. The molecule has 0 aromatic heterocycles. The smallest absolute Gasteiger partial charge is 0.243 e. The van der Waals surface area contributed by atoms with E-state index < -0.39 is 10.0 Å². The normalized spacial score (nSPS) is 17.7. The highest BCUT2D eigenvalue weighted by molar-refractivity contribution is 7.99. The molecule has 1 N–H and O–H groups in total. The monoisotopic (exact) mass is 376 g/mol. The third-order valence-electron chi connectivity index (χ3n) is 4.10. The maximum Gasteiger partial charge on any atom is 0.243 e. The maximum absolute atomic E-state index is 12.9. The molecule has 0 spiro atoms. The highest BCUT2D eigenvalue weighted by atomic mass is 32.2. The van der Waals surface area contributed by atoms with Gasteiger partial charge in [-0.3, -0.25) is 4.79 Å². The Labute approximate surface area is 152 Å². The third-order valence-corrected chi connectivity index (χ3v) is 7.23. The first-order valence-corrected chi connectivity index (χ1v) is 10.4. The molecule has 0 saturated carbocycles. The summed E-state index contributed by atoms with van der Waals surface area (Å²) >= 11 is 1.56. The van der Waals surface area contributed by atoms with Crippen LogP contribution in [0.3, 0.4) is 0 Å². The average Bonchev–Trinajstić information content (AvgIpc) is 2.74. The number of hydrogen-bond acceptors (Lipinski definition) is 4. The summed E-state index contributed by atoms with van der Waals surface area (Å²) in [6.45, 7) is 2.15. The minimum atomic E-state index is -3.64. The number of rotatable bonds is 4. The largest absolute Gasteiger partial charge is 0.325 e. The third kappa shape index (κ3) is 3.89. The first kappa shape index (κ1) is 18.0. The van der Waals surface area contributed by atoms with Crippen LogP contribution in [0, 0.1) is 5.92 Å². The fraction of sp³-hybridized carbons (Fsp3) is 0.278. The molecule has 1 heterocycles. The first-order valence-electron chi connectivity index (χ1n) is 7.96. The fourth-order valence-electron chi connectivity index (χ4n) is 2.54. The summed E-state index contributed by atoms with van der Waals surface area (Å²) in [6, 6.07) is 14.4. The molecule has 1 aliphatic rings. The number of fused-ring (bicyclic) bond motifs is 1. The molecule has 132 valence electrons. The van der Waals surface area contributed by atoms with Crippen molar-refractivity contribution in [3.05, 3.63) is 54.1 Å². The standard InChI is InChI=1S/C18H20N2O3S2/c1-13-12-24-17-9-8-15(10-16(17)19-18(13)21)25(22,23)20(2)11-14-6-4-3-5-7-14/h3-10,13H,11-12H2,1-2H3,(H,19,21)/t13-/m1/s1. The van der Waals surface area contributed by atoms with E-state index >= 15 is 0 Å². The summed E-state index contributed by atoms with van der Waals surface area (Å²) < 4.78 is 27.0. The average molecular weight is 377 g/mol. The van der Waals surface area contributed by atoms with Crippen LogP contribution in [-0.4, -0.2) is 31.4 Å². The molecule has 1 amide bonds. The van der Waals surface area contributed by atoms with E-state index in [1.807, 2.05) is 37.3 Å². The first-order chi connectivity index (χ1) is 11.9. The Morgan fingerprint density at radius 3 is 2.64 bits per heavy atom. The molecule has 2 aromatic carbocycles. The molecule has 1 aliphatic heterocycles. The number of amides is 1. The number of anilines is 1. The zero-order valence-electron chi connectivity index (χ0n) is 14.1. The van der Waals surface area contributed by atoms with Crippen LogP contribution in [0.15, 0.2) is 58.3 Å². The van der Waals surface area contributed by atoms with Crippen LogP contribution < -0.4 is 5.32 Å². The second-order valence-electron chi connectivity index (χ2n) is 6.11. The van der Waals surface area contributed by atoms with Crippen molar-refractivity contribution in [2.45, 2.75) is 23.3 Å². The van der Waals surface area contributed by atoms with E-state index in [4.69, 9.17) is 0 Å². The van der Waals surface area contributed by atoms with Crippen molar-refractivity contribution in [3.8, 4) is 0 Å². The van der Waals surface area contributed by atoms with E-state index in [1.54, 1.807) is 37.0 Å². The highest BCUT2D eigenvalue weighted by Crippen LogP contribution is 2.34. The van der Waals surface area contributed by atoms with Crippen molar-refractivity contribution in [1.82, 2.24) is 4.31 Å². The lowest BCUT2D eigenvalue weighted by molar-refractivity contribution is -0.118. The molecule has 0 saturated heterocycles. The topological polar surface area (TPSA) is 66.5 Å². The summed E-state index contributed by atoms with van der Waals surface area (Å²) in [7, 11) is -2.08. The van der Waals surface area contributed by atoms with Gasteiger partial charge >= 0.3 is 0 Å². The summed E-state index contributed by atoms with van der Waals surface area (Å²) in [5.41, 5.74) is 1.48. The van der Waals surface area contributed by atoms with Gasteiger partial charge in [-0.05, 0) is 23.8 Å². The molecule has 3 rings (SSSR count). The van der Waals surface area contributed by atoms with Gasteiger partial charge in [0.25, 0.3) is 0 Å². The van der Waals surface area contributed by atoms with E-state index in [9.17, 15) is 13.2 Å². The van der Waals surface area contributed by atoms with Gasteiger partial charge in [-0.15, -0.1) is 11.8 Å². The van der Waals surface area contributed by atoms with Gasteiger partial charge in [-0.2, -0.15) is 4.31 Å². The number of carbonyl (C=O) groups excluding carboxylic acids is 1. The lowest BCUT2D eigenvalue weighted by Crippen LogP contribution is -2.26. The molecule has 0 bridgehead atoms. The summed E-state index contributed by atoms with van der Waals surface area (Å²) in [5, 5.41) is 2.83. The number of thioether (sulfide) groups is 1. The Kier molecular flexibility index (Phi) is 5.17. The molecule has 5 nitrogen and oxygen atoms in total. The van der Waals surface area contributed by atoms with E-state index in [-0.39, 0.29) is 16.7 Å². The van der Waals surface area contributed by atoms with Gasteiger partial charge in [-0.25, -0.2) is 8.42 Å². The SMILES string of the molecule is C[C@@H]1CSc2ccc(S(=O)(=O)N(C)Cc3ccccc3)cc2NC1=O. The molecule has 25 heavy (non-hydrogen) atoms. The maximum atomic E-state index is 12.9. The van der Waals surface area contributed by atoms with Gasteiger partial charge in [0.15, 0.2) is 0 Å². The van der Waals surface area contributed by atoms with Crippen LogP contribution in [-0.2, 0) is 21.4 Å². The quantitative estimate of drug-likeness (QED) is 0.890. The molecule has 0 unspecified atom stereocenters. The van der Waals surface area contributed by atoms with Crippen molar-refractivity contribution in [2.24, 2.45) is 5.92 Å². The van der Waals surface area contributed by atoms with Crippen molar-refractivity contribution in [2.75, 3.05) is 18.1 Å². The van der Waals surface area contributed by atoms with Gasteiger partial charge in [-0.1, -0.05) is 37.3 Å². The van der Waals surface area contributed by atoms with Gasteiger partial charge < -0.3 is 5.32 Å². The van der Waals surface area contributed by atoms with Crippen molar-refractivity contribution >= 4 is 33.4 Å². The van der Waals surface area contributed by atoms with Gasteiger partial charge in [0.05, 0.1) is 10.6 Å². The second-order valence-corrected chi connectivity index (χ2v) is 9.21. The number of sulfonamides is 1. The van der Waals surface area contributed by atoms with E-state index in [2.05, 4.69) is 5.32 Å². The van der Waals surface area contributed by atoms with Crippen LogP contribution in [0.2, 0.25) is 0 Å². The molecule has 0 fully saturated rings. The summed E-state index contributed by atoms with van der Waals surface area (Å²) in [5.74, 6) is 0.482. The number of hydrogen-bond donors (Lipinski definition) is 1. The second kappa shape index (κ2) is 7.19. The number of nitrogens with zero attached hydrogens (tertiary/aromatic N) is 1. The predicted molar refractivity (Wildman–Crippen MR) is 100 cm³/mol. The predicted octanol–water partition coefficient (Wildman–Crippen LogP) is 3.19. The summed E-state index contributed by atoms with van der Waals surface area (Å²) in [6.07, 6.45) is 0. The van der Waals surface area contributed by atoms with Crippen molar-refractivity contribution in [1.29, 1.82) is 0 Å². The number of benzene rings is 2. The van der Waals surface area contributed by atoms with Crippen LogP contribution in [0.4, 0.5) is 5.69 Å². The van der Waals surface area contributed by atoms with Crippen molar-refractivity contribution < 1.29 is 13.2 Å². The molecule has 0 radical (unpaired) electrons. The van der Waals surface area contributed by atoms with Gasteiger partial charge in [0.2, 0.25) is 15.9 Å². The van der Waals surface area contributed by atoms with E-state index in [0.717, 1.165) is 10.5 Å². The zero-order valence-corrected chi connectivity index (χ0v) is 15.7. The fourth-order valence-corrected chi connectivity index (χ4v) is 4.74. The minimum absolute atomic E-state index is 0.0848. The highest BCUT2D eigenvalue weighted by Gasteiger charge is 2.25. The Morgan fingerprint density at radius 1 is 1.20 bits per heavy atom. The van der Waals surface area contributed by atoms with Crippen LogP contribution in [0.1, 0.15) is 12.5 Å². The Morgan fingerprint density at radius 2 is 1.92 bits per heavy atom. The zero-order chi connectivity index (χ0) is 18.0. The van der Waals surface area contributed by atoms with Gasteiger partial charge in [0, 0.05) is 30.2 Å². The van der Waals surface area contributed by atoms with Crippen LogP contribution in [0.25, 0.3) is 0 Å². The Bertz CT molecular complexity index is 882. The molecule has 7 heteroatoms. The lowest BCUT2D eigenvalue weighted by Gasteiger charge is -2.18. The molecule has 2 aromatic rings. The number of carbonyl (C=O) groups is 1. The van der Waals surface area contributed by atoms with Crippen LogP contribution >= 0.6 is 11.8 Å². The minimum Gasteiger partial charge on any atom is -0.325 e. The van der Waals surface area contributed by atoms with Crippen LogP contribution in [0.5, 0.6) is 0 Å². The summed E-state index contributed by atoms with van der Waals surface area (Å²) in [4.78, 5) is 13.1. The Hall–Kier alpha value is -1.83. The lowest BCUT2D eigenvalue weighted by atomic mass is 10.2. The van der Waals surface area contributed by atoms with E-state index in [1.165, 1.54) is 4.31 Å². The van der Waals surface area contributed by atoms with Crippen molar-refractivity contribution in [3.63, 3.8) is 0 Å².